The Bertz CT molecular complexity index is 384. The van der Waals surface area contributed by atoms with Gasteiger partial charge in [-0.25, -0.2) is 0 Å². The molecular weight excluding hydrogens is 360 g/mol. The number of alkyl halides is 1. The largest absolute Gasteiger partial charge is 0.352 e. The molecule has 0 bridgehead atoms. The number of hydrogen-bond acceptors (Lipinski definition) is 1. The summed E-state index contributed by atoms with van der Waals surface area (Å²) in [6.07, 6.45) is 0. The lowest BCUT2D eigenvalue weighted by Gasteiger charge is -2.10. The highest BCUT2D eigenvalue weighted by atomic mass is 127. The number of benzene rings is 1. The Morgan fingerprint density at radius 1 is 1.56 bits per heavy atom. The van der Waals surface area contributed by atoms with Crippen molar-refractivity contribution in [2.45, 2.75) is 6.92 Å². The predicted molar refractivity (Wildman–Crippen MR) is 76.4 cm³/mol. The van der Waals surface area contributed by atoms with Crippen LogP contribution < -0.4 is 5.32 Å². The number of carbonyl (C=O) groups excluding carboxylic acids is 1. The summed E-state index contributed by atoms with van der Waals surface area (Å²) < 4.78 is 0.887. The fourth-order valence-electron chi connectivity index (χ4n) is 1.09. The molecule has 1 unspecified atom stereocenters. The Morgan fingerprint density at radius 3 is 2.88 bits per heavy atom. The number of amides is 1. The molecule has 0 spiro atoms. The number of hydrogen-bond donors (Lipinski definition) is 1. The van der Waals surface area contributed by atoms with E-state index in [1.807, 2.05) is 13.0 Å². The summed E-state index contributed by atoms with van der Waals surface area (Å²) in [6, 6.07) is 5.26. The van der Waals surface area contributed by atoms with Gasteiger partial charge in [0.05, 0.1) is 5.56 Å². The monoisotopic (exact) mass is 371 g/mol. The van der Waals surface area contributed by atoms with Crippen LogP contribution in [0.5, 0.6) is 0 Å². The number of rotatable bonds is 4. The van der Waals surface area contributed by atoms with Gasteiger partial charge in [-0.15, -0.1) is 11.6 Å². The van der Waals surface area contributed by atoms with Crippen molar-refractivity contribution >= 4 is 51.7 Å². The summed E-state index contributed by atoms with van der Waals surface area (Å²) >= 11 is 13.6. The van der Waals surface area contributed by atoms with Gasteiger partial charge in [0, 0.05) is 21.0 Å². The van der Waals surface area contributed by atoms with Gasteiger partial charge >= 0.3 is 0 Å². The van der Waals surface area contributed by atoms with Gasteiger partial charge in [-0.2, -0.15) is 0 Å². The van der Waals surface area contributed by atoms with Gasteiger partial charge in [0.25, 0.3) is 5.91 Å². The highest BCUT2D eigenvalue weighted by molar-refractivity contribution is 14.1. The smallest absolute Gasteiger partial charge is 0.252 e. The molecule has 0 aliphatic heterocycles. The molecule has 1 aromatic carbocycles. The lowest BCUT2D eigenvalue weighted by Crippen LogP contribution is -2.29. The molecule has 16 heavy (non-hydrogen) atoms. The van der Waals surface area contributed by atoms with Crippen LogP contribution in [0.15, 0.2) is 18.2 Å². The average Bonchev–Trinajstić information content (AvgIpc) is 2.28. The molecule has 0 fully saturated rings. The van der Waals surface area contributed by atoms with Crippen LogP contribution in [0.1, 0.15) is 17.3 Å². The summed E-state index contributed by atoms with van der Waals surface area (Å²) in [5.41, 5.74) is 0.606. The number of halogens is 3. The first-order valence-electron chi connectivity index (χ1n) is 4.83. The lowest BCUT2D eigenvalue weighted by molar-refractivity contribution is 0.0948. The Kier molecular flexibility index (Phi) is 5.86. The van der Waals surface area contributed by atoms with E-state index >= 15 is 0 Å². The van der Waals surface area contributed by atoms with E-state index in [4.69, 9.17) is 23.2 Å². The summed E-state index contributed by atoms with van der Waals surface area (Å²) in [5, 5.41) is 3.40. The molecule has 1 rings (SSSR count). The Balaban J connectivity index is 2.69. The van der Waals surface area contributed by atoms with Crippen LogP contribution >= 0.6 is 45.8 Å². The minimum Gasteiger partial charge on any atom is -0.352 e. The minimum absolute atomic E-state index is 0.108. The summed E-state index contributed by atoms with van der Waals surface area (Å²) in [6.45, 7) is 2.56. The van der Waals surface area contributed by atoms with E-state index in [9.17, 15) is 4.79 Å². The molecule has 5 heteroatoms. The van der Waals surface area contributed by atoms with Crippen molar-refractivity contribution in [2.75, 3.05) is 12.4 Å². The second kappa shape index (κ2) is 6.67. The first-order chi connectivity index (χ1) is 7.54. The first-order valence-corrected chi connectivity index (χ1v) is 6.83. The van der Waals surface area contributed by atoms with Crippen LogP contribution in [0.4, 0.5) is 0 Å². The van der Waals surface area contributed by atoms with Crippen molar-refractivity contribution in [2.24, 2.45) is 5.92 Å². The third kappa shape index (κ3) is 4.11. The maximum Gasteiger partial charge on any atom is 0.252 e. The van der Waals surface area contributed by atoms with Crippen molar-refractivity contribution in [3.8, 4) is 0 Å². The molecule has 0 heterocycles. The van der Waals surface area contributed by atoms with E-state index in [-0.39, 0.29) is 11.8 Å². The number of carbonyl (C=O) groups is 1. The maximum absolute atomic E-state index is 11.8. The first kappa shape index (κ1) is 14.1. The lowest BCUT2D eigenvalue weighted by atomic mass is 10.2. The molecule has 88 valence electrons. The van der Waals surface area contributed by atoms with Crippen LogP contribution in [0.2, 0.25) is 5.02 Å². The number of nitrogens with one attached hydrogen (secondary N) is 1. The molecule has 2 nitrogen and oxygen atoms in total. The van der Waals surface area contributed by atoms with E-state index < -0.39 is 0 Å². The quantitative estimate of drug-likeness (QED) is 0.636. The van der Waals surface area contributed by atoms with Crippen molar-refractivity contribution in [1.82, 2.24) is 5.32 Å². The zero-order chi connectivity index (χ0) is 12.1. The molecule has 0 aliphatic carbocycles. The molecule has 0 aliphatic rings. The van der Waals surface area contributed by atoms with Crippen LogP contribution in [-0.2, 0) is 0 Å². The molecule has 0 saturated carbocycles. The summed E-state index contributed by atoms with van der Waals surface area (Å²) in [7, 11) is 0. The Labute approximate surface area is 119 Å². The van der Waals surface area contributed by atoms with Gasteiger partial charge in [-0.3, -0.25) is 4.79 Å². The van der Waals surface area contributed by atoms with E-state index in [2.05, 4.69) is 27.9 Å². The van der Waals surface area contributed by atoms with Crippen LogP contribution in [-0.4, -0.2) is 18.3 Å². The second-order valence-corrected chi connectivity index (χ2v) is 5.50. The van der Waals surface area contributed by atoms with E-state index in [1.165, 1.54) is 0 Å². The molecule has 0 saturated heterocycles. The van der Waals surface area contributed by atoms with Gasteiger partial charge in [0.1, 0.15) is 0 Å². The van der Waals surface area contributed by atoms with E-state index in [0.717, 1.165) is 3.57 Å². The molecule has 1 aromatic rings. The maximum atomic E-state index is 11.8. The zero-order valence-electron chi connectivity index (χ0n) is 8.77. The van der Waals surface area contributed by atoms with E-state index in [0.29, 0.717) is 23.0 Å². The fourth-order valence-corrected chi connectivity index (χ4v) is 1.95. The van der Waals surface area contributed by atoms with Crippen LogP contribution in [0.3, 0.4) is 0 Å². The average molecular weight is 372 g/mol. The minimum atomic E-state index is -0.108. The van der Waals surface area contributed by atoms with Gasteiger partial charge in [-0.05, 0) is 46.7 Å². The molecule has 1 amide bonds. The Hall–Kier alpha value is -0.000000000000000111. The zero-order valence-corrected chi connectivity index (χ0v) is 12.4. The molecule has 1 atom stereocenters. The van der Waals surface area contributed by atoms with Crippen molar-refractivity contribution in [3.05, 3.63) is 32.4 Å². The van der Waals surface area contributed by atoms with E-state index in [1.54, 1.807) is 12.1 Å². The van der Waals surface area contributed by atoms with Gasteiger partial charge in [0.15, 0.2) is 0 Å². The van der Waals surface area contributed by atoms with Crippen molar-refractivity contribution < 1.29 is 4.79 Å². The normalized spacial score (nSPS) is 12.2. The highest BCUT2D eigenvalue weighted by Crippen LogP contribution is 2.17. The van der Waals surface area contributed by atoms with Crippen molar-refractivity contribution in [1.29, 1.82) is 0 Å². The molecule has 0 radical (unpaired) electrons. The van der Waals surface area contributed by atoms with Gasteiger partial charge in [-0.1, -0.05) is 18.5 Å². The topological polar surface area (TPSA) is 29.1 Å². The second-order valence-electron chi connectivity index (χ2n) is 3.59. The van der Waals surface area contributed by atoms with Crippen molar-refractivity contribution in [3.63, 3.8) is 0 Å². The summed E-state index contributed by atoms with van der Waals surface area (Å²) in [4.78, 5) is 11.8. The highest BCUT2D eigenvalue weighted by Gasteiger charge is 2.11. The standard InChI is InChI=1S/C11H12Cl2INO/c1-7(5-12)6-15-11(16)9-4-8(13)2-3-10(9)14/h2-4,7H,5-6H2,1H3,(H,15,16). The third-order valence-electron chi connectivity index (χ3n) is 2.05. The van der Waals surface area contributed by atoms with Gasteiger partial charge < -0.3 is 5.32 Å². The molecule has 1 N–H and O–H groups in total. The van der Waals surface area contributed by atoms with Gasteiger partial charge in [0.2, 0.25) is 0 Å². The molecular formula is C11H12Cl2INO. The molecule has 0 aromatic heterocycles. The van der Waals surface area contributed by atoms with Crippen LogP contribution in [0, 0.1) is 9.49 Å². The SMILES string of the molecule is CC(CCl)CNC(=O)c1cc(Cl)ccc1I. The predicted octanol–water partition coefficient (Wildman–Crippen LogP) is 3.55. The fraction of sp³-hybridized carbons (Fsp3) is 0.364. The Morgan fingerprint density at radius 2 is 2.25 bits per heavy atom. The summed E-state index contributed by atoms with van der Waals surface area (Å²) in [5.74, 6) is 0.693. The van der Waals surface area contributed by atoms with Crippen LogP contribution in [0.25, 0.3) is 0 Å². The third-order valence-corrected chi connectivity index (χ3v) is 3.75.